The van der Waals surface area contributed by atoms with Crippen molar-refractivity contribution in [2.24, 2.45) is 0 Å². The van der Waals surface area contributed by atoms with Gasteiger partial charge in [-0.05, 0) is 0 Å². The maximum atomic E-state index is 10.2. The average Bonchev–Trinajstić information content (AvgIpc) is 2.01. The highest BCUT2D eigenvalue weighted by molar-refractivity contribution is 5.83. The molecule has 0 saturated heterocycles. The molecule has 0 heterocycles. The Kier molecular flexibility index (Phi) is 2.59. The SMILES string of the molecule is COc1cc(O)cc(NC(=O)O)c1. The molecular formula is C8H9NO4. The fourth-order valence-electron chi connectivity index (χ4n) is 0.897. The zero-order chi connectivity index (χ0) is 9.84. The number of rotatable bonds is 2. The van der Waals surface area contributed by atoms with E-state index >= 15 is 0 Å². The number of aromatic hydroxyl groups is 1. The van der Waals surface area contributed by atoms with Gasteiger partial charge in [0, 0.05) is 18.2 Å². The largest absolute Gasteiger partial charge is 0.508 e. The summed E-state index contributed by atoms with van der Waals surface area (Å²) in [5, 5.41) is 19.6. The molecule has 3 N–H and O–H groups in total. The molecule has 0 aliphatic heterocycles. The molecule has 0 saturated carbocycles. The number of carboxylic acid groups (broad SMARTS) is 1. The van der Waals surface area contributed by atoms with E-state index in [1.54, 1.807) is 0 Å². The fraction of sp³-hybridized carbons (Fsp3) is 0.125. The summed E-state index contributed by atoms with van der Waals surface area (Å²) in [6.45, 7) is 0. The predicted octanol–water partition coefficient (Wildman–Crippen LogP) is 1.49. The van der Waals surface area contributed by atoms with Gasteiger partial charge in [0.05, 0.1) is 12.8 Å². The first kappa shape index (κ1) is 9.18. The van der Waals surface area contributed by atoms with E-state index in [0.29, 0.717) is 5.75 Å². The molecular weight excluding hydrogens is 174 g/mol. The molecule has 1 rings (SSSR count). The molecule has 5 heteroatoms. The van der Waals surface area contributed by atoms with E-state index in [4.69, 9.17) is 14.9 Å². The number of phenols is 1. The Morgan fingerprint density at radius 3 is 2.69 bits per heavy atom. The molecule has 0 aliphatic rings. The van der Waals surface area contributed by atoms with Gasteiger partial charge >= 0.3 is 6.09 Å². The number of amides is 1. The van der Waals surface area contributed by atoms with Gasteiger partial charge in [0.1, 0.15) is 11.5 Å². The van der Waals surface area contributed by atoms with Crippen molar-refractivity contribution < 1.29 is 19.7 Å². The zero-order valence-corrected chi connectivity index (χ0v) is 6.94. The van der Waals surface area contributed by atoms with Gasteiger partial charge in [0.2, 0.25) is 0 Å². The van der Waals surface area contributed by atoms with Crippen LogP contribution in [-0.4, -0.2) is 23.4 Å². The second kappa shape index (κ2) is 3.66. The van der Waals surface area contributed by atoms with Crippen molar-refractivity contribution in [2.45, 2.75) is 0 Å². The Bertz CT molecular complexity index is 324. The van der Waals surface area contributed by atoms with Crippen molar-refractivity contribution in [1.82, 2.24) is 0 Å². The number of hydrogen-bond donors (Lipinski definition) is 3. The Morgan fingerprint density at radius 1 is 1.46 bits per heavy atom. The van der Waals surface area contributed by atoms with Crippen LogP contribution >= 0.6 is 0 Å². The van der Waals surface area contributed by atoms with Crippen molar-refractivity contribution >= 4 is 11.8 Å². The second-order valence-electron chi connectivity index (χ2n) is 2.35. The van der Waals surface area contributed by atoms with Crippen LogP contribution in [0.5, 0.6) is 11.5 Å². The van der Waals surface area contributed by atoms with Gasteiger partial charge in [-0.2, -0.15) is 0 Å². The van der Waals surface area contributed by atoms with Crippen LogP contribution in [0.25, 0.3) is 0 Å². The van der Waals surface area contributed by atoms with Crippen LogP contribution in [0, 0.1) is 0 Å². The Morgan fingerprint density at radius 2 is 2.15 bits per heavy atom. The topological polar surface area (TPSA) is 78.8 Å². The maximum absolute atomic E-state index is 10.2. The van der Waals surface area contributed by atoms with Crippen molar-refractivity contribution in [1.29, 1.82) is 0 Å². The molecule has 0 spiro atoms. The van der Waals surface area contributed by atoms with Crippen LogP contribution in [0.1, 0.15) is 0 Å². The van der Waals surface area contributed by atoms with Crippen LogP contribution in [0.4, 0.5) is 10.5 Å². The highest BCUT2D eigenvalue weighted by Crippen LogP contribution is 2.24. The lowest BCUT2D eigenvalue weighted by atomic mass is 10.3. The highest BCUT2D eigenvalue weighted by Gasteiger charge is 2.02. The van der Waals surface area contributed by atoms with Crippen LogP contribution in [-0.2, 0) is 0 Å². The molecule has 0 radical (unpaired) electrons. The molecule has 1 aromatic carbocycles. The first-order valence-electron chi connectivity index (χ1n) is 3.50. The molecule has 5 nitrogen and oxygen atoms in total. The van der Waals surface area contributed by atoms with Crippen molar-refractivity contribution in [2.75, 3.05) is 12.4 Å². The first-order valence-corrected chi connectivity index (χ1v) is 3.50. The molecule has 13 heavy (non-hydrogen) atoms. The molecule has 0 fully saturated rings. The van der Waals surface area contributed by atoms with E-state index in [-0.39, 0.29) is 11.4 Å². The Balaban J connectivity index is 2.94. The van der Waals surface area contributed by atoms with Gasteiger partial charge in [-0.25, -0.2) is 4.79 Å². The third-order valence-electron chi connectivity index (χ3n) is 1.38. The van der Waals surface area contributed by atoms with Crippen molar-refractivity contribution in [3.8, 4) is 11.5 Å². The minimum Gasteiger partial charge on any atom is -0.508 e. The summed E-state index contributed by atoms with van der Waals surface area (Å²) in [4.78, 5) is 10.2. The number of phenolic OH excluding ortho intramolecular Hbond substituents is 1. The van der Waals surface area contributed by atoms with E-state index < -0.39 is 6.09 Å². The van der Waals surface area contributed by atoms with E-state index in [2.05, 4.69) is 5.32 Å². The molecule has 70 valence electrons. The number of anilines is 1. The molecule has 0 aromatic heterocycles. The second-order valence-corrected chi connectivity index (χ2v) is 2.35. The Hall–Kier alpha value is -1.91. The van der Waals surface area contributed by atoms with Gasteiger partial charge in [0.25, 0.3) is 0 Å². The van der Waals surface area contributed by atoms with Crippen LogP contribution in [0.3, 0.4) is 0 Å². The lowest BCUT2D eigenvalue weighted by Crippen LogP contribution is -2.06. The van der Waals surface area contributed by atoms with Gasteiger partial charge in [0.15, 0.2) is 0 Å². The van der Waals surface area contributed by atoms with Crippen LogP contribution in [0.2, 0.25) is 0 Å². The Labute approximate surface area is 74.6 Å². The molecule has 1 amide bonds. The van der Waals surface area contributed by atoms with E-state index in [1.807, 2.05) is 0 Å². The number of nitrogens with one attached hydrogen (secondary N) is 1. The van der Waals surface area contributed by atoms with Crippen LogP contribution < -0.4 is 10.1 Å². The number of ether oxygens (including phenoxy) is 1. The quantitative estimate of drug-likeness (QED) is 0.649. The van der Waals surface area contributed by atoms with E-state index in [9.17, 15) is 4.79 Å². The predicted molar refractivity (Wildman–Crippen MR) is 46.3 cm³/mol. The summed E-state index contributed by atoms with van der Waals surface area (Å²) >= 11 is 0. The van der Waals surface area contributed by atoms with Crippen molar-refractivity contribution in [3.63, 3.8) is 0 Å². The number of methoxy groups -OCH3 is 1. The fourth-order valence-corrected chi connectivity index (χ4v) is 0.897. The summed E-state index contributed by atoms with van der Waals surface area (Å²) < 4.78 is 4.82. The monoisotopic (exact) mass is 183 g/mol. The smallest absolute Gasteiger partial charge is 0.409 e. The summed E-state index contributed by atoms with van der Waals surface area (Å²) in [7, 11) is 1.43. The summed E-state index contributed by atoms with van der Waals surface area (Å²) in [6.07, 6.45) is -1.19. The third-order valence-corrected chi connectivity index (χ3v) is 1.38. The summed E-state index contributed by atoms with van der Waals surface area (Å²) in [5.74, 6) is 0.340. The molecule has 0 atom stereocenters. The van der Waals surface area contributed by atoms with Gasteiger partial charge in [-0.1, -0.05) is 0 Å². The first-order chi connectivity index (χ1) is 6.11. The highest BCUT2D eigenvalue weighted by atomic mass is 16.5. The van der Waals surface area contributed by atoms with Gasteiger partial charge in [-0.15, -0.1) is 0 Å². The van der Waals surface area contributed by atoms with Gasteiger partial charge in [-0.3, -0.25) is 5.32 Å². The van der Waals surface area contributed by atoms with E-state index in [0.717, 1.165) is 0 Å². The standard InChI is InChI=1S/C8H9NO4/c1-13-7-3-5(9-8(11)12)2-6(10)4-7/h2-4,9-10H,1H3,(H,11,12). The minimum atomic E-state index is -1.19. The lowest BCUT2D eigenvalue weighted by molar-refractivity contribution is 0.210. The molecule has 0 aliphatic carbocycles. The average molecular weight is 183 g/mol. The molecule has 0 bridgehead atoms. The molecule has 0 unspecified atom stereocenters. The van der Waals surface area contributed by atoms with Crippen molar-refractivity contribution in [3.05, 3.63) is 18.2 Å². The lowest BCUT2D eigenvalue weighted by Gasteiger charge is -2.04. The summed E-state index contributed by atoms with van der Waals surface area (Å²) in [5.41, 5.74) is 0.268. The van der Waals surface area contributed by atoms with E-state index in [1.165, 1.54) is 25.3 Å². The summed E-state index contributed by atoms with van der Waals surface area (Å²) in [6, 6.07) is 4.14. The zero-order valence-electron chi connectivity index (χ0n) is 6.94. The normalized spacial score (nSPS) is 9.31. The minimum absolute atomic E-state index is 0.0527. The third kappa shape index (κ3) is 2.55. The number of benzene rings is 1. The number of hydrogen-bond acceptors (Lipinski definition) is 3. The van der Waals surface area contributed by atoms with Gasteiger partial charge < -0.3 is 14.9 Å². The maximum Gasteiger partial charge on any atom is 0.409 e. The van der Waals surface area contributed by atoms with Crippen LogP contribution in [0.15, 0.2) is 18.2 Å². The molecule has 1 aromatic rings. The number of carbonyl (C=O) groups is 1.